The number of aromatic nitrogens is 2. The molecule has 0 amide bonds. The Morgan fingerprint density at radius 1 is 1.28 bits per heavy atom. The van der Waals surface area contributed by atoms with Gasteiger partial charge in [-0.05, 0) is 18.2 Å². The summed E-state index contributed by atoms with van der Waals surface area (Å²) in [6.45, 7) is 4.98. The highest BCUT2D eigenvalue weighted by molar-refractivity contribution is 6.42. The lowest BCUT2D eigenvalue weighted by molar-refractivity contribution is 0.583. The van der Waals surface area contributed by atoms with Gasteiger partial charge in [-0.1, -0.05) is 37.0 Å². The van der Waals surface area contributed by atoms with E-state index in [9.17, 15) is 0 Å². The standard InChI is InChI=1S/C13H15Cl2N3/c1-8(2)16-6-10-7-17-13(18-10)9-3-4-11(14)12(15)5-9/h3-5,7-8,16H,6H2,1-2H3,(H,17,18). The molecule has 2 N–H and O–H groups in total. The van der Waals surface area contributed by atoms with E-state index in [1.165, 1.54) is 0 Å². The molecule has 1 heterocycles. The van der Waals surface area contributed by atoms with Crippen LogP contribution in [0.2, 0.25) is 10.0 Å². The maximum absolute atomic E-state index is 5.99. The van der Waals surface area contributed by atoms with Crippen molar-refractivity contribution in [1.29, 1.82) is 0 Å². The smallest absolute Gasteiger partial charge is 0.137 e. The zero-order chi connectivity index (χ0) is 13.1. The summed E-state index contributed by atoms with van der Waals surface area (Å²) in [5.74, 6) is 0.800. The number of halogens is 2. The minimum absolute atomic E-state index is 0.446. The van der Waals surface area contributed by atoms with E-state index in [1.54, 1.807) is 6.07 Å². The highest BCUT2D eigenvalue weighted by Gasteiger charge is 2.06. The van der Waals surface area contributed by atoms with E-state index < -0.39 is 0 Å². The Labute approximate surface area is 117 Å². The van der Waals surface area contributed by atoms with Gasteiger partial charge in [0.25, 0.3) is 0 Å². The van der Waals surface area contributed by atoms with Crippen molar-refractivity contribution in [3.8, 4) is 11.4 Å². The van der Waals surface area contributed by atoms with Gasteiger partial charge in [-0.3, -0.25) is 0 Å². The van der Waals surface area contributed by atoms with E-state index >= 15 is 0 Å². The minimum Gasteiger partial charge on any atom is -0.341 e. The topological polar surface area (TPSA) is 40.7 Å². The molecule has 0 saturated heterocycles. The first kappa shape index (κ1) is 13.4. The van der Waals surface area contributed by atoms with Gasteiger partial charge in [0.2, 0.25) is 0 Å². The van der Waals surface area contributed by atoms with Crippen molar-refractivity contribution in [2.45, 2.75) is 26.4 Å². The van der Waals surface area contributed by atoms with Crippen LogP contribution in [0.1, 0.15) is 19.5 Å². The molecule has 96 valence electrons. The number of imidazole rings is 1. The fourth-order valence-corrected chi connectivity index (χ4v) is 1.85. The van der Waals surface area contributed by atoms with Crippen LogP contribution in [0.25, 0.3) is 11.4 Å². The van der Waals surface area contributed by atoms with Gasteiger partial charge in [0.05, 0.1) is 10.0 Å². The first-order valence-electron chi connectivity index (χ1n) is 5.79. The van der Waals surface area contributed by atoms with Crippen LogP contribution < -0.4 is 5.32 Å². The number of rotatable bonds is 4. The van der Waals surface area contributed by atoms with Crippen molar-refractivity contribution in [3.05, 3.63) is 40.1 Å². The van der Waals surface area contributed by atoms with E-state index in [4.69, 9.17) is 23.2 Å². The molecular weight excluding hydrogens is 269 g/mol. The van der Waals surface area contributed by atoms with E-state index in [1.807, 2.05) is 18.3 Å². The molecule has 2 rings (SSSR count). The Kier molecular flexibility index (Phi) is 4.27. The Morgan fingerprint density at radius 2 is 2.06 bits per heavy atom. The van der Waals surface area contributed by atoms with Crippen molar-refractivity contribution < 1.29 is 0 Å². The molecular formula is C13H15Cl2N3. The fourth-order valence-electron chi connectivity index (χ4n) is 1.55. The third kappa shape index (κ3) is 3.25. The van der Waals surface area contributed by atoms with E-state index in [2.05, 4.69) is 29.1 Å². The number of benzene rings is 1. The molecule has 0 fully saturated rings. The van der Waals surface area contributed by atoms with Crippen molar-refractivity contribution in [2.24, 2.45) is 0 Å². The molecule has 5 heteroatoms. The van der Waals surface area contributed by atoms with Crippen LogP contribution in [0.15, 0.2) is 24.4 Å². The highest BCUT2D eigenvalue weighted by atomic mass is 35.5. The first-order valence-corrected chi connectivity index (χ1v) is 6.54. The SMILES string of the molecule is CC(C)NCc1cnc(-c2ccc(Cl)c(Cl)c2)[nH]1. The molecule has 3 nitrogen and oxygen atoms in total. The van der Waals surface area contributed by atoms with Gasteiger partial charge in [0, 0.05) is 30.0 Å². The molecule has 0 bridgehead atoms. The monoisotopic (exact) mass is 283 g/mol. The lowest BCUT2D eigenvalue weighted by Gasteiger charge is -2.05. The van der Waals surface area contributed by atoms with E-state index in [-0.39, 0.29) is 0 Å². The van der Waals surface area contributed by atoms with Gasteiger partial charge in [-0.2, -0.15) is 0 Å². The van der Waals surface area contributed by atoms with E-state index in [0.29, 0.717) is 16.1 Å². The lowest BCUT2D eigenvalue weighted by Crippen LogP contribution is -2.21. The molecule has 18 heavy (non-hydrogen) atoms. The van der Waals surface area contributed by atoms with Crippen molar-refractivity contribution in [1.82, 2.24) is 15.3 Å². The van der Waals surface area contributed by atoms with Crippen LogP contribution in [0.4, 0.5) is 0 Å². The molecule has 0 saturated carbocycles. The first-order chi connectivity index (χ1) is 8.56. The fraction of sp³-hybridized carbons (Fsp3) is 0.308. The Hall–Kier alpha value is -1.03. The number of H-pyrrole nitrogens is 1. The molecule has 0 atom stereocenters. The average Bonchev–Trinajstić information content (AvgIpc) is 2.79. The Morgan fingerprint density at radius 3 is 2.72 bits per heavy atom. The lowest BCUT2D eigenvalue weighted by atomic mass is 10.2. The van der Waals surface area contributed by atoms with Crippen LogP contribution in [0, 0.1) is 0 Å². The molecule has 0 radical (unpaired) electrons. The maximum Gasteiger partial charge on any atom is 0.137 e. The second kappa shape index (κ2) is 5.74. The summed E-state index contributed by atoms with van der Waals surface area (Å²) >= 11 is 11.9. The molecule has 2 aromatic rings. The number of hydrogen-bond donors (Lipinski definition) is 2. The molecule has 1 aromatic heterocycles. The highest BCUT2D eigenvalue weighted by Crippen LogP contribution is 2.26. The van der Waals surface area contributed by atoms with Crippen LogP contribution in [-0.2, 0) is 6.54 Å². The normalized spacial score (nSPS) is 11.2. The summed E-state index contributed by atoms with van der Waals surface area (Å²) in [5, 5.41) is 4.41. The van der Waals surface area contributed by atoms with E-state index in [0.717, 1.165) is 23.6 Å². The number of nitrogens with zero attached hydrogens (tertiary/aromatic N) is 1. The zero-order valence-corrected chi connectivity index (χ0v) is 11.8. The summed E-state index contributed by atoms with van der Waals surface area (Å²) < 4.78 is 0. The average molecular weight is 284 g/mol. The molecule has 0 aliphatic rings. The molecule has 0 unspecified atom stereocenters. The summed E-state index contributed by atoms with van der Waals surface area (Å²) in [5.41, 5.74) is 1.98. The number of aromatic amines is 1. The Balaban J connectivity index is 2.16. The minimum atomic E-state index is 0.446. The third-order valence-electron chi connectivity index (χ3n) is 2.52. The van der Waals surface area contributed by atoms with Crippen LogP contribution in [0.5, 0.6) is 0 Å². The Bertz CT molecular complexity index is 535. The van der Waals surface area contributed by atoms with Crippen molar-refractivity contribution >= 4 is 23.2 Å². The molecule has 0 spiro atoms. The van der Waals surface area contributed by atoms with Gasteiger partial charge < -0.3 is 10.3 Å². The van der Waals surface area contributed by atoms with Gasteiger partial charge in [0.1, 0.15) is 5.82 Å². The van der Waals surface area contributed by atoms with Crippen molar-refractivity contribution in [3.63, 3.8) is 0 Å². The van der Waals surface area contributed by atoms with Gasteiger partial charge in [-0.25, -0.2) is 4.98 Å². The van der Waals surface area contributed by atoms with Crippen LogP contribution in [0.3, 0.4) is 0 Å². The molecule has 0 aliphatic heterocycles. The largest absolute Gasteiger partial charge is 0.341 e. The second-order valence-corrected chi connectivity index (χ2v) is 5.24. The molecule has 1 aromatic carbocycles. The van der Waals surface area contributed by atoms with Crippen LogP contribution >= 0.6 is 23.2 Å². The van der Waals surface area contributed by atoms with Crippen molar-refractivity contribution in [2.75, 3.05) is 0 Å². The van der Waals surface area contributed by atoms with Gasteiger partial charge in [0.15, 0.2) is 0 Å². The van der Waals surface area contributed by atoms with Gasteiger partial charge in [-0.15, -0.1) is 0 Å². The third-order valence-corrected chi connectivity index (χ3v) is 3.26. The summed E-state index contributed by atoms with van der Waals surface area (Å²) in [4.78, 5) is 7.59. The number of nitrogens with one attached hydrogen (secondary N) is 2. The van der Waals surface area contributed by atoms with Crippen LogP contribution in [-0.4, -0.2) is 16.0 Å². The summed E-state index contributed by atoms with van der Waals surface area (Å²) in [7, 11) is 0. The predicted octanol–water partition coefficient (Wildman–Crippen LogP) is 3.88. The number of hydrogen-bond acceptors (Lipinski definition) is 2. The summed E-state index contributed by atoms with van der Waals surface area (Å²) in [6.07, 6.45) is 1.83. The quantitative estimate of drug-likeness (QED) is 0.894. The zero-order valence-electron chi connectivity index (χ0n) is 10.3. The second-order valence-electron chi connectivity index (χ2n) is 4.42. The maximum atomic E-state index is 5.99. The molecule has 0 aliphatic carbocycles. The van der Waals surface area contributed by atoms with Gasteiger partial charge >= 0.3 is 0 Å². The summed E-state index contributed by atoms with van der Waals surface area (Å²) in [6, 6.07) is 5.92. The predicted molar refractivity (Wildman–Crippen MR) is 76.0 cm³/mol.